The summed E-state index contributed by atoms with van der Waals surface area (Å²) in [6.45, 7) is 1.89. The summed E-state index contributed by atoms with van der Waals surface area (Å²) in [4.78, 5) is 19.9. The molecule has 0 amide bonds. The maximum absolute atomic E-state index is 13.7. The Hall–Kier alpha value is -3.10. The number of aryl methyl sites for hydroxylation is 2. The second-order valence-corrected chi connectivity index (χ2v) is 5.76. The summed E-state index contributed by atoms with van der Waals surface area (Å²) in [5.74, 6) is -0.710. The van der Waals surface area contributed by atoms with Crippen molar-refractivity contribution >= 4 is 5.97 Å². The summed E-state index contributed by atoms with van der Waals surface area (Å²) in [6.07, 6.45) is 3.09. The lowest BCUT2D eigenvalue weighted by Crippen LogP contribution is -2.06. The molecule has 3 aromatic rings. The molecular formula is C18H17F2N3O4. The number of nitrogens with zero attached hydrogens (tertiary/aromatic N) is 3. The van der Waals surface area contributed by atoms with Gasteiger partial charge in [0.1, 0.15) is 11.6 Å². The summed E-state index contributed by atoms with van der Waals surface area (Å²) >= 11 is 0. The second-order valence-electron chi connectivity index (χ2n) is 5.76. The van der Waals surface area contributed by atoms with E-state index in [9.17, 15) is 13.6 Å². The molecule has 7 nitrogen and oxygen atoms in total. The third kappa shape index (κ3) is 4.96. The molecule has 0 saturated heterocycles. The van der Waals surface area contributed by atoms with Gasteiger partial charge in [-0.2, -0.15) is 4.98 Å². The van der Waals surface area contributed by atoms with Crippen molar-refractivity contribution < 1.29 is 27.3 Å². The second kappa shape index (κ2) is 8.52. The zero-order valence-electron chi connectivity index (χ0n) is 14.6. The number of oxazole rings is 1. The Kier molecular flexibility index (Phi) is 5.90. The first-order valence-corrected chi connectivity index (χ1v) is 8.42. The lowest BCUT2D eigenvalue weighted by molar-refractivity contribution is -0.145. The van der Waals surface area contributed by atoms with Gasteiger partial charge in [-0.25, -0.2) is 13.8 Å². The van der Waals surface area contributed by atoms with E-state index in [2.05, 4.69) is 15.1 Å². The number of halogens is 2. The van der Waals surface area contributed by atoms with Crippen LogP contribution in [0.1, 0.15) is 37.4 Å². The first kappa shape index (κ1) is 18.7. The van der Waals surface area contributed by atoms with Crippen LogP contribution in [0.25, 0.3) is 11.3 Å². The quantitative estimate of drug-likeness (QED) is 0.554. The summed E-state index contributed by atoms with van der Waals surface area (Å²) in [6, 6.07) is 3.15. The molecule has 0 aliphatic rings. The lowest BCUT2D eigenvalue weighted by Gasteiger charge is -2.00. The van der Waals surface area contributed by atoms with Crippen molar-refractivity contribution in [1.82, 2.24) is 15.1 Å². The predicted octanol–water partition coefficient (Wildman–Crippen LogP) is 3.63. The summed E-state index contributed by atoms with van der Waals surface area (Å²) < 4.78 is 42.2. The van der Waals surface area contributed by atoms with E-state index >= 15 is 0 Å². The Bertz CT molecular complexity index is 923. The van der Waals surface area contributed by atoms with Gasteiger partial charge in [-0.1, -0.05) is 12.1 Å². The molecule has 3 rings (SSSR count). The van der Waals surface area contributed by atoms with Crippen LogP contribution in [0.3, 0.4) is 0 Å². The lowest BCUT2D eigenvalue weighted by atomic mass is 10.2. The van der Waals surface area contributed by atoms with E-state index in [0.29, 0.717) is 12.2 Å². The van der Waals surface area contributed by atoms with E-state index in [0.717, 1.165) is 18.6 Å². The van der Waals surface area contributed by atoms with Crippen LogP contribution >= 0.6 is 0 Å². The number of esters is 1. The van der Waals surface area contributed by atoms with Gasteiger partial charge in [-0.15, -0.1) is 0 Å². The molecule has 0 saturated carbocycles. The summed E-state index contributed by atoms with van der Waals surface area (Å²) in [5.41, 5.74) is 0.0944. The topological polar surface area (TPSA) is 91.2 Å². The van der Waals surface area contributed by atoms with Crippen LogP contribution in [-0.4, -0.2) is 21.1 Å². The van der Waals surface area contributed by atoms with Crippen molar-refractivity contribution in [2.24, 2.45) is 0 Å². The Morgan fingerprint density at radius 2 is 2.07 bits per heavy atom. The molecule has 2 aromatic heterocycles. The van der Waals surface area contributed by atoms with Crippen LogP contribution in [-0.2, 0) is 29.0 Å². The molecule has 0 unspecified atom stereocenters. The average Bonchev–Trinajstić information content (AvgIpc) is 3.28. The van der Waals surface area contributed by atoms with E-state index in [1.54, 1.807) is 0 Å². The molecule has 0 bridgehead atoms. The molecular weight excluding hydrogens is 360 g/mol. The Morgan fingerprint density at radius 1 is 1.22 bits per heavy atom. The van der Waals surface area contributed by atoms with E-state index in [4.69, 9.17) is 13.7 Å². The van der Waals surface area contributed by atoms with Gasteiger partial charge < -0.3 is 13.7 Å². The molecule has 0 aliphatic carbocycles. The maximum atomic E-state index is 13.7. The number of hydrogen-bond acceptors (Lipinski definition) is 7. The number of rotatable bonds is 8. The van der Waals surface area contributed by atoms with Gasteiger partial charge in [0.25, 0.3) is 5.89 Å². The Balaban J connectivity index is 1.49. The average molecular weight is 377 g/mol. The van der Waals surface area contributed by atoms with Gasteiger partial charge >= 0.3 is 5.97 Å². The van der Waals surface area contributed by atoms with E-state index in [1.807, 2.05) is 6.92 Å². The fraction of sp³-hybridized carbons (Fsp3) is 0.333. The van der Waals surface area contributed by atoms with Gasteiger partial charge in [-0.3, -0.25) is 4.79 Å². The maximum Gasteiger partial charge on any atom is 0.306 e. The molecule has 1 aromatic carbocycles. The van der Waals surface area contributed by atoms with E-state index < -0.39 is 17.6 Å². The highest BCUT2D eigenvalue weighted by Crippen LogP contribution is 2.24. The van der Waals surface area contributed by atoms with Crippen LogP contribution in [0.5, 0.6) is 0 Å². The van der Waals surface area contributed by atoms with Gasteiger partial charge in [0.05, 0.1) is 18.2 Å². The van der Waals surface area contributed by atoms with E-state index in [-0.39, 0.29) is 42.6 Å². The monoisotopic (exact) mass is 377 g/mol. The molecule has 9 heteroatoms. The summed E-state index contributed by atoms with van der Waals surface area (Å²) in [5, 5.41) is 3.77. The van der Waals surface area contributed by atoms with Crippen LogP contribution < -0.4 is 0 Å². The zero-order valence-corrected chi connectivity index (χ0v) is 14.6. The highest BCUT2D eigenvalue weighted by atomic mass is 19.1. The number of carbonyl (C=O) groups excluding carboxylic acids is 1. The fourth-order valence-electron chi connectivity index (χ4n) is 2.34. The zero-order chi connectivity index (χ0) is 19.2. The molecule has 2 heterocycles. The van der Waals surface area contributed by atoms with Crippen molar-refractivity contribution in [2.75, 3.05) is 0 Å². The standard InChI is InChI=1S/C18H17F2N3O4/c1-2-3-15-22-17(27-23-15)10-25-18(24)7-6-16-21-9-14(26-16)12-5-4-11(19)8-13(12)20/h4-5,8-9H,2-3,6-7,10H2,1H3. The smallest absolute Gasteiger partial charge is 0.306 e. The minimum absolute atomic E-state index is 0.0157. The number of benzene rings is 1. The van der Waals surface area contributed by atoms with Crippen molar-refractivity contribution in [3.05, 3.63) is 53.6 Å². The van der Waals surface area contributed by atoms with Crippen LogP contribution in [0.2, 0.25) is 0 Å². The Morgan fingerprint density at radius 3 is 2.85 bits per heavy atom. The minimum atomic E-state index is -0.751. The van der Waals surface area contributed by atoms with Crippen LogP contribution in [0, 0.1) is 11.6 Å². The van der Waals surface area contributed by atoms with Gasteiger partial charge in [0.15, 0.2) is 24.1 Å². The normalized spacial score (nSPS) is 10.9. The number of hydrogen-bond donors (Lipinski definition) is 0. The van der Waals surface area contributed by atoms with E-state index in [1.165, 1.54) is 12.3 Å². The number of aromatic nitrogens is 3. The molecule has 0 aliphatic heterocycles. The first-order chi connectivity index (χ1) is 13.0. The fourth-order valence-corrected chi connectivity index (χ4v) is 2.34. The van der Waals surface area contributed by atoms with Gasteiger partial charge in [0, 0.05) is 18.9 Å². The molecule has 27 heavy (non-hydrogen) atoms. The third-order valence-corrected chi connectivity index (χ3v) is 3.63. The van der Waals surface area contributed by atoms with Crippen molar-refractivity contribution in [3.8, 4) is 11.3 Å². The van der Waals surface area contributed by atoms with Crippen molar-refractivity contribution in [1.29, 1.82) is 0 Å². The van der Waals surface area contributed by atoms with Crippen LogP contribution in [0.4, 0.5) is 8.78 Å². The molecule has 0 N–H and O–H groups in total. The molecule has 0 spiro atoms. The molecule has 0 fully saturated rings. The molecule has 0 atom stereocenters. The molecule has 142 valence electrons. The highest BCUT2D eigenvalue weighted by Gasteiger charge is 2.14. The Labute approximate surface area is 153 Å². The summed E-state index contributed by atoms with van der Waals surface area (Å²) in [7, 11) is 0. The first-order valence-electron chi connectivity index (χ1n) is 8.42. The number of ether oxygens (including phenoxy) is 1. The molecule has 0 radical (unpaired) electrons. The largest absolute Gasteiger partial charge is 0.456 e. The predicted molar refractivity (Wildman–Crippen MR) is 88.3 cm³/mol. The van der Waals surface area contributed by atoms with Crippen LogP contribution in [0.15, 0.2) is 33.3 Å². The highest BCUT2D eigenvalue weighted by molar-refractivity contribution is 5.69. The van der Waals surface area contributed by atoms with Gasteiger partial charge in [-0.05, 0) is 18.6 Å². The van der Waals surface area contributed by atoms with Crippen molar-refractivity contribution in [2.45, 2.75) is 39.2 Å². The third-order valence-electron chi connectivity index (χ3n) is 3.63. The minimum Gasteiger partial charge on any atom is -0.456 e. The van der Waals surface area contributed by atoms with Gasteiger partial charge in [0.2, 0.25) is 0 Å². The van der Waals surface area contributed by atoms with Crippen molar-refractivity contribution in [3.63, 3.8) is 0 Å². The SMILES string of the molecule is CCCc1noc(COC(=O)CCc2ncc(-c3ccc(F)cc3F)o2)n1. The number of carbonyl (C=O) groups is 1.